The van der Waals surface area contributed by atoms with Crippen LogP contribution in [0, 0.1) is 0 Å². The molecule has 0 fully saturated rings. The minimum Gasteiger partial charge on any atom is -0.493 e. The van der Waals surface area contributed by atoms with Crippen LogP contribution in [-0.4, -0.2) is 45.2 Å². The number of fused-ring (bicyclic) bond motifs is 1. The van der Waals surface area contributed by atoms with Crippen molar-refractivity contribution in [3.63, 3.8) is 0 Å². The molecule has 5 nitrogen and oxygen atoms in total. The van der Waals surface area contributed by atoms with Crippen molar-refractivity contribution in [1.82, 2.24) is 10.2 Å². The molecule has 0 radical (unpaired) electrons. The third kappa shape index (κ3) is 2.58. The number of hydrogen-bond acceptors (Lipinski definition) is 4. The number of amides is 1. The van der Waals surface area contributed by atoms with Crippen LogP contribution >= 0.6 is 0 Å². The van der Waals surface area contributed by atoms with Crippen molar-refractivity contribution in [2.75, 3.05) is 34.4 Å². The summed E-state index contributed by atoms with van der Waals surface area (Å²) in [5.74, 6) is 1.58. The minimum absolute atomic E-state index is 0.0550. The topological polar surface area (TPSA) is 50.8 Å². The molecule has 0 saturated carbocycles. The van der Waals surface area contributed by atoms with E-state index in [0.29, 0.717) is 12.3 Å². The largest absolute Gasteiger partial charge is 0.493 e. The first-order valence-electron chi connectivity index (χ1n) is 6.81. The Morgan fingerprint density at radius 2 is 2.00 bits per heavy atom. The molecule has 1 atom stereocenters. The van der Waals surface area contributed by atoms with E-state index in [0.717, 1.165) is 24.3 Å². The van der Waals surface area contributed by atoms with Gasteiger partial charge < -0.3 is 19.7 Å². The van der Waals surface area contributed by atoms with Gasteiger partial charge in [0, 0.05) is 6.54 Å². The van der Waals surface area contributed by atoms with Crippen LogP contribution in [-0.2, 0) is 11.2 Å². The smallest absolute Gasteiger partial charge is 0.237 e. The Labute approximate surface area is 119 Å². The van der Waals surface area contributed by atoms with E-state index in [9.17, 15) is 4.79 Å². The van der Waals surface area contributed by atoms with Gasteiger partial charge in [-0.2, -0.15) is 0 Å². The minimum atomic E-state index is 0.0550. The van der Waals surface area contributed by atoms with E-state index in [1.165, 1.54) is 5.56 Å². The molecular weight excluding hydrogens is 256 g/mol. The van der Waals surface area contributed by atoms with Crippen molar-refractivity contribution < 1.29 is 14.3 Å². The van der Waals surface area contributed by atoms with Gasteiger partial charge >= 0.3 is 0 Å². The molecule has 0 bridgehead atoms. The van der Waals surface area contributed by atoms with Crippen LogP contribution in [0.5, 0.6) is 11.5 Å². The van der Waals surface area contributed by atoms with E-state index in [1.807, 2.05) is 17.0 Å². The van der Waals surface area contributed by atoms with Gasteiger partial charge in [0.15, 0.2) is 11.5 Å². The Morgan fingerprint density at radius 3 is 2.60 bits per heavy atom. The van der Waals surface area contributed by atoms with Gasteiger partial charge in [0.1, 0.15) is 0 Å². The van der Waals surface area contributed by atoms with Crippen molar-refractivity contribution in [3.8, 4) is 11.5 Å². The van der Waals surface area contributed by atoms with E-state index in [4.69, 9.17) is 9.47 Å². The number of likely N-dealkylation sites (N-methyl/N-ethyl adjacent to an activating group) is 1. The number of carbonyl (C=O) groups excluding carboxylic acids is 1. The van der Waals surface area contributed by atoms with Gasteiger partial charge in [0.25, 0.3) is 0 Å². The van der Waals surface area contributed by atoms with Crippen LogP contribution < -0.4 is 14.8 Å². The van der Waals surface area contributed by atoms with Gasteiger partial charge in [0.2, 0.25) is 5.91 Å². The number of methoxy groups -OCH3 is 2. The number of carbonyl (C=O) groups is 1. The number of rotatable bonds is 4. The number of hydrogen-bond donors (Lipinski definition) is 1. The summed E-state index contributed by atoms with van der Waals surface area (Å²) in [7, 11) is 5.05. The van der Waals surface area contributed by atoms with E-state index in [-0.39, 0.29) is 11.9 Å². The quantitative estimate of drug-likeness (QED) is 0.904. The molecule has 0 aliphatic carbocycles. The number of ether oxygens (including phenoxy) is 2. The van der Waals surface area contributed by atoms with Crippen LogP contribution in [0.4, 0.5) is 0 Å². The molecule has 5 heteroatoms. The molecule has 1 aromatic carbocycles. The SMILES string of the molecule is CNCC(=O)N1CCc2cc(OC)c(OC)cc2[C@@H]1C. The third-order valence-corrected chi connectivity index (χ3v) is 3.83. The van der Waals surface area contributed by atoms with Gasteiger partial charge in [-0.3, -0.25) is 4.79 Å². The monoisotopic (exact) mass is 278 g/mol. The summed E-state index contributed by atoms with van der Waals surface area (Å²) in [5.41, 5.74) is 2.36. The molecule has 1 N–H and O–H groups in total. The van der Waals surface area contributed by atoms with Gasteiger partial charge in [-0.15, -0.1) is 0 Å². The Morgan fingerprint density at radius 1 is 1.35 bits per heavy atom. The second kappa shape index (κ2) is 6.13. The zero-order valence-electron chi connectivity index (χ0n) is 12.5. The average Bonchev–Trinajstić information content (AvgIpc) is 2.46. The lowest BCUT2D eigenvalue weighted by atomic mass is 9.92. The highest BCUT2D eigenvalue weighted by atomic mass is 16.5. The molecule has 1 aliphatic rings. The second-order valence-corrected chi connectivity index (χ2v) is 4.95. The summed E-state index contributed by atoms with van der Waals surface area (Å²) in [4.78, 5) is 14.0. The molecule has 0 saturated heterocycles. The molecule has 1 aliphatic heterocycles. The van der Waals surface area contributed by atoms with Gasteiger partial charge in [0.05, 0.1) is 26.8 Å². The standard InChI is InChI=1S/C15H22N2O3/c1-10-12-8-14(20-4)13(19-3)7-11(12)5-6-17(10)15(18)9-16-2/h7-8,10,16H,5-6,9H2,1-4H3/t10-/m0/s1. The molecule has 0 spiro atoms. The first kappa shape index (κ1) is 14.7. The molecule has 0 unspecified atom stereocenters. The van der Waals surface area contributed by atoms with Crippen molar-refractivity contribution in [3.05, 3.63) is 23.3 Å². The Balaban J connectivity index is 2.33. The summed E-state index contributed by atoms with van der Waals surface area (Å²) in [5, 5.41) is 2.91. The van der Waals surface area contributed by atoms with E-state index >= 15 is 0 Å². The maximum absolute atomic E-state index is 12.1. The fraction of sp³-hybridized carbons (Fsp3) is 0.533. The van der Waals surface area contributed by atoms with Crippen molar-refractivity contribution in [2.24, 2.45) is 0 Å². The molecule has 0 aromatic heterocycles. The van der Waals surface area contributed by atoms with Crippen LogP contribution in [0.3, 0.4) is 0 Å². The Hall–Kier alpha value is -1.75. The van der Waals surface area contributed by atoms with Crippen molar-refractivity contribution in [2.45, 2.75) is 19.4 Å². The lowest BCUT2D eigenvalue weighted by molar-refractivity contribution is -0.132. The lowest BCUT2D eigenvalue weighted by Gasteiger charge is -2.35. The maximum atomic E-state index is 12.1. The first-order valence-corrected chi connectivity index (χ1v) is 6.81. The van der Waals surface area contributed by atoms with Crippen molar-refractivity contribution >= 4 is 5.91 Å². The lowest BCUT2D eigenvalue weighted by Crippen LogP contribution is -2.42. The summed E-state index contributed by atoms with van der Waals surface area (Å²) in [6.07, 6.45) is 0.843. The third-order valence-electron chi connectivity index (χ3n) is 3.83. The zero-order chi connectivity index (χ0) is 14.7. The van der Waals surface area contributed by atoms with Crippen LogP contribution in [0.25, 0.3) is 0 Å². The summed E-state index contributed by atoms with van der Waals surface area (Å²) < 4.78 is 10.7. The second-order valence-electron chi connectivity index (χ2n) is 4.95. The fourth-order valence-electron chi connectivity index (χ4n) is 2.74. The molecule has 1 aromatic rings. The molecule has 2 rings (SSSR count). The highest BCUT2D eigenvalue weighted by Crippen LogP contribution is 2.37. The number of benzene rings is 1. The van der Waals surface area contributed by atoms with Gasteiger partial charge in [-0.1, -0.05) is 0 Å². The van der Waals surface area contributed by atoms with E-state index in [2.05, 4.69) is 12.2 Å². The Bertz CT molecular complexity index is 502. The highest BCUT2D eigenvalue weighted by molar-refractivity contribution is 5.79. The zero-order valence-corrected chi connectivity index (χ0v) is 12.5. The molecule has 1 heterocycles. The first-order chi connectivity index (χ1) is 9.62. The van der Waals surface area contributed by atoms with Crippen LogP contribution in [0.15, 0.2) is 12.1 Å². The normalized spacial score (nSPS) is 17.6. The van der Waals surface area contributed by atoms with Crippen molar-refractivity contribution in [1.29, 1.82) is 0 Å². The van der Waals surface area contributed by atoms with Gasteiger partial charge in [-0.25, -0.2) is 0 Å². The molecule has 1 amide bonds. The fourth-order valence-corrected chi connectivity index (χ4v) is 2.74. The van der Waals surface area contributed by atoms with E-state index < -0.39 is 0 Å². The van der Waals surface area contributed by atoms with Gasteiger partial charge in [-0.05, 0) is 43.7 Å². The molecule has 20 heavy (non-hydrogen) atoms. The maximum Gasteiger partial charge on any atom is 0.237 e. The number of nitrogens with zero attached hydrogens (tertiary/aromatic N) is 1. The molecular formula is C15H22N2O3. The average molecular weight is 278 g/mol. The summed E-state index contributed by atoms with van der Waals surface area (Å²) >= 11 is 0. The predicted octanol–water partition coefficient (Wildman–Crippen LogP) is 1.37. The summed E-state index contributed by atoms with van der Waals surface area (Å²) in [6.45, 7) is 3.16. The predicted molar refractivity (Wildman–Crippen MR) is 77.3 cm³/mol. The Kier molecular flexibility index (Phi) is 4.49. The summed E-state index contributed by atoms with van der Waals surface area (Å²) in [6, 6.07) is 4.06. The van der Waals surface area contributed by atoms with Crippen LogP contribution in [0.2, 0.25) is 0 Å². The molecule has 110 valence electrons. The van der Waals surface area contributed by atoms with Crippen LogP contribution in [0.1, 0.15) is 24.1 Å². The number of nitrogens with one attached hydrogen (secondary N) is 1. The van der Waals surface area contributed by atoms with E-state index in [1.54, 1.807) is 21.3 Å². The highest BCUT2D eigenvalue weighted by Gasteiger charge is 2.28.